The molecule has 2 aromatic heterocycles. The van der Waals surface area contributed by atoms with E-state index in [4.69, 9.17) is 0 Å². The van der Waals surface area contributed by atoms with Gasteiger partial charge in [0.25, 0.3) is 0 Å². The van der Waals surface area contributed by atoms with Crippen LogP contribution in [0.1, 0.15) is 38.4 Å². The molecule has 0 radical (unpaired) electrons. The normalized spacial score (nSPS) is 10.1. The molecule has 2 rings (SSSR count). The Balaban J connectivity index is 0.000000771. The molecule has 0 N–H and O–H groups in total. The molecule has 0 aromatic carbocycles. The first-order valence-electron chi connectivity index (χ1n) is 6.95. The second-order valence-electron chi connectivity index (χ2n) is 4.59. The molecule has 98 valence electrons. The Kier molecular flexibility index (Phi) is 5.38. The lowest BCUT2D eigenvalue weighted by atomic mass is 9.46. The number of aryl methyl sites for hydroxylation is 2. The van der Waals surface area contributed by atoms with Gasteiger partial charge in [-0.15, -0.1) is 0 Å². The molecule has 0 fully saturated rings. The molecule has 0 aliphatic carbocycles. The average Bonchev–Trinajstić information content (AvgIpc) is 2.73. The standard InChI is InChI=1S/C12H18BN3.C2H6/c1-5-6-13(4)11-7-9(2)12-14-10(3)8-16(12)15-11;1-2/h7-8H,5-6H2,1-4H3;1-2H3. The van der Waals surface area contributed by atoms with E-state index in [9.17, 15) is 0 Å². The van der Waals surface area contributed by atoms with Crippen molar-refractivity contribution in [1.82, 2.24) is 14.6 Å². The summed E-state index contributed by atoms with van der Waals surface area (Å²) in [5, 5.41) is 4.63. The van der Waals surface area contributed by atoms with Crippen LogP contribution in [-0.4, -0.2) is 21.3 Å². The van der Waals surface area contributed by atoms with E-state index in [2.05, 4.69) is 36.8 Å². The van der Waals surface area contributed by atoms with E-state index in [-0.39, 0.29) is 0 Å². The minimum Gasteiger partial charge on any atom is -0.232 e. The Morgan fingerprint density at radius 2 is 1.94 bits per heavy atom. The minimum absolute atomic E-state index is 0.524. The summed E-state index contributed by atoms with van der Waals surface area (Å²) >= 11 is 0. The van der Waals surface area contributed by atoms with Gasteiger partial charge in [0.1, 0.15) is 0 Å². The first-order valence-corrected chi connectivity index (χ1v) is 6.95. The molecule has 4 heteroatoms. The second kappa shape index (κ2) is 6.57. The van der Waals surface area contributed by atoms with Gasteiger partial charge in [-0.1, -0.05) is 40.3 Å². The summed E-state index contributed by atoms with van der Waals surface area (Å²) < 4.78 is 1.91. The van der Waals surface area contributed by atoms with Gasteiger partial charge < -0.3 is 0 Å². The zero-order chi connectivity index (χ0) is 13.7. The van der Waals surface area contributed by atoms with Crippen molar-refractivity contribution in [3.05, 3.63) is 23.5 Å². The quantitative estimate of drug-likeness (QED) is 0.778. The molecule has 0 aliphatic heterocycles. The Labute approximate surface area is 111 Å². The fourth-order valence-electron chi connectivity index (χ4n) is 2.09. The lowest BCUT2D eigenvalue weighted by molar-refractivity contribution is 0.942. The van der Waals surface area contributed by atoms with E-state index in [0.717, 1.165) is 11.3 Å². The van der Waals surface area contributed by atoms with Gasteiger partial charge in [-0.3, -0.25) is 0 Å². The zero-order valence-electron chi connectivity index (χ0n) is 12.5. The molecule has 0 aliphatic rings. The number of hydrogen-bond donors (Lipinski definition) is 0. The highest BCUT2D eigenvalue weighted by Crippen LogP contribution is 2.07. The first-order chi connectivity index (χ1) is 8.61. The van der Waals surface area contributed by atoms with Crippen LogP contribution in [0.5, 0.6) is 0 Å². The number of rotatable bonds is 3. The Bertz CT molecular complexity index is 505. The van der Waals surface area contributed by atoms with Crippen molar-refractivity contribution < 1.29 is 0 Å². The van der Waals surface area contributed by atoms with Crippen molar-refractivity contribution >= 4 is 18.0 Å². The van der Waals surface area contributed by atoms with Crippen LogP contribution in [0.4, 0.5) is 0 Å². The van der Waals surface area contributed by atoms with Gasteiger partial charge in [-0.2, -0.15) is 5.10 Å². The van der Waals surface area contributed by atoms with Crippen LogP contribution in [0.25, 0.3) is 5.65 Å². The molecular formula is C14H24BN3. The Morgan fingerprint density at radius 1 is 1.28 bits per heavy atom. The third-order valence-electron chi connectivity index (χ3n) is 2.98. The topological polar surface area (TPSA) is 30.2 Å². The summed E-state index contributed by atoms with van der Waals surface area (Å²) in [5.74, 6) is 0. The van der Waals surface area contributed by atoms with Crippen LogP contribution in [0.2, 0.25) is 13.1 Å². The van der Waals surface area contributed by atoms with E-state index in [0.29, 0.717) is 6.71 Å². The molecule has 18 heavy (non-hydrogen) atoms. The van der Waals surface area contributed by atoms with Gasteiger partial charge in [0.05, 0.1) is 11.9 Å². The molecule has 0 atom stereocenters. The molecule has 2 aromatic rings. The number of imidazole rings is 1. The monoisotopic (exact) mass is 245 g/mol. The molecule has 0 saturated heterocycles. The zero-order valence-corrected chi connectivity index (χ0v) is 12.5. The highest BCUT2D eigenvalue weighted by molar-refractivity contribution is 6.71. The third kappa shape index (κ3) is 3.12. The lowest BCUT2D eigenvalue weighted by Gasteiger charge is -2.08. The number of nitrogens with zero attached hydrogens (tertiary/aromatic N) is 3. The summed E-state index contributed by atoms with van der Waals surface area (Å²) in [4.78, 5) is 4.46. The minimum atomic E-state index is 0.524. The molecule has 0 amide bonds. The summed E-state index contributed by atoms with van der Waals surface area (Å²) in [7, 11) is 0. The number of fused-ring (bicyclic) bond motifs is 1. The lowest BCUT2D eigenvalue weighted by Crippen LogP contribution is -2.31. The van der Waals surface area contributed by atoms with E-state index in [1.165, 1.54) is 23.9 Å². The second-order valence-corrected chi connectivity index (χ2v) is 4.59. The molecule has 0 bridgehead atoms. The van der Waals surface area contributed by atoms with Crippen LogP contribution in [0.15, 0.2) is 12.3 Å². The maximum absolute atomic E-state index is 4.63. The summed E-state index contributed by atoms with van der Waals surface area (Å²) in [6.45, 7) is 13.1. The van der Waals surface area contributed by atoms with Crippen molar-refractivity contribution in [2.45, 2.75) is 54.2 Å². The van der Waals surface area contributed by atoms with E-state index in [1.54, 1.807) is 0 Å². The number of hydrogen-bond acceptors (Lipinski definition) is 2. The third-order valence-corrected chi connectivity index (χ3v) is 2.98. The van der Waals surface area contributed by atoms with Gasteiger partial charge in [-0.05, 0) is 25.5 Å². The van der Waals surface area contributed by atoms with Crippen LogP contribution in [0, 0.1) is 13.8 Å². The Morgan fingerprint density at radius 3 is 2.56 bits per heavy atom. The largest absolute Gasteiger partial charge is 0.232 e. The van der Waals surface area contributed by atoms with Gasteiger partial charge in [0, 0.05) is 5.59 Å². The van der Waals surface area contributed by atoms with Crippen molar-refractivity contribution in [3.63, 3.8) is 0 Å². The molecule has 0 spiro atoms. The summed E-state index contributed by atoms with van der Waals surface area (Å²) in [6, 6.07) is 2.17. The Hall–Kier alpha value is -1.32. The van der Waals surface area contributed by atoms with Crippen molar-refractivity contribution in [1.29, 1.82) is 0 Å². The predicted molar refractivity (Wildman–Crippen MR) is 80.2 cm³/mol. The summed E-state index contributed by atoms with van der Waals surface area (Å²) in [5.41, 5.74) is 4.38. The molecule has 0 unspecified atom stereocenters. The van der Waals surface area contributed by atoms with Crippen LogP contribution >= 0.6 is 0 Å². The van der Waals surface area contributed by atoms with Crippen molar-refractivity contribution in [2.75, 3.05) is 0 Å². The molecule has 2 heterocycles. The summed E-state index contributed by atoms with van der Waals surface area (Å²) in [6.07, 6.45) is 4.37. The van der Waals surface area contributed by atoms with Crippen LogP contribution in [0.3, 0.4) is 0 Å². The van der Waals surface area contributed by atoms with E-state index in [1.807, 2.05) is 31.5 Å². The number of aromatic nitrogens is 3. The predicted octanol–water partition coefficient (Wildman–Crippen LogP) is 3.11. The first kappa shape index (κ1) is 14.7. The van der Waals surface area contributed by atoms with Crippen molar-refractivity contribution in [3.8, 4) is 0 Å². The van der Waals surface area contributed by atoms with Crippen LogP contribution in [-0.2, 0) is 0 Å². The smallest absolute Gasteiger partial charge is 0.199 e. The molecule has 0 saturated carbocycles. The van der Waals surface area contributed by atoms with E-state index < -0.39 is 0 Å². The molecule has 3 nitrogen and oxygen atoms in total. The highest BCUT2D eigenvalue weighted by Gasteiger charge is 2.13. The molecular weight excluding hydrogens is 221 g/mol. The van der Waals surface area contributed by atoms with Crippen molar-refractivity contribution in [2.24, 2.45) is 0 Å². The maximum Gasteiger partial charge on any atom is 0.199 e. The van der Waals surface area contributed by atoms with Gasteiger partial charge in [-0.25, -0.2) is 9.50 Å². The fraction of sp³-hybridized carbons (Fsp3) is 0.571. The highest BCUT2D eigenvalue weighted by atomic mass is 15.2. The van der Waals surface area contributed by atoms with Gasteiger partial charge in [0.15, 0.2) is 12.4 Å². The van der Waals surface area contributed by atoms with Gasteiger partial charge in [0.2, 0.25) is 0 Å². The fourth-order valence-corrected chi connectivity index (χ4v) is 2.09. The van der Waals surface area contributed by atoms with E-state index >= 15 is 0 Å². The average molecular weight is 245 g/mol. The van der Waals surface area contributed by atoms with Crippen LogP contribution < -0.4 is 5.59 Å². The SMILES string of the molecule is CC.CCCB(C)c1cc(C)c2nc(C)cn2n1. The van der Waals surface area contributed by atoms with Gasteiger partial charge >= 0.3 is 0 Å². The maximum atomic E-state index is 4.63.